The van der Waals surface area contributed by atoms with E-state index in [1.54, 1.807) is 10.9 Å². The van der Waals surface area contributed by atoms with Gasteiger partial charge in [-0.05, 0) is 24.1 Å². The molecule has 0 amide bonds. The highest BCUT2D eigenvalue weighted by molar-refractivity contribution is 5.85. The summed E-state index contributed by atoms with van der Waals surface area (Å²) in [5.74, 6) is 0.895. The van der Waals surface area contributed by atoms with Crippen molar-refractivity contribution in [2.45, 2.75) is 20.3 Å². The maximum atomic E-state index is 12.6. The van der Waals surface area contributed by atoms with Crippen LogP contribution in [-0.2, 0) is 18.3 Å². The summed E-state index contributed by atoms with van der Waals surface area (Å²) in [6.45, 7) is 10.1. The Morgan fingerprint density at radius 3 is 2.57 bits per heavy atom. The van der Waals surface area contributed by atoms with Gasteiger partial charge in [0.05, 0.1) is 30.4 Å². The molecule has 30 heavy (non-hydrogen) atoms. The molecule has 4 heterocycles. The molecule has 0 aromatic carbocycles. The van der Waals surface area contributed by atoms with E-state index >= 15 is 0 Å². The van der Waals surface area contributed by atoms with Gasteiger partial charge in [-0.15, -0.1) is 0 Å². The van der Waals surface area contributed by atoms with E-state index < -0.39 is 0 Å². The number of piperazine rings is 1. The molecule has 7 heteroatoms. The first-order chi connectivity index (χ1) is 14.5. The van der Waals surface area contributed by atoms with Crippen LogP contribution in [0.4, 0.5) is 0 Å². The average molecular weight is 407 g/mol. The third-order valence-corrected chi connectivity index (χ3v) is 5.50. The van der Waals surface area contributed by atoms with Crippen molar-refractivity contribution >= 4 is 16.7 Å². The number of fused-ring (bicyclic) bond motifs is 1. The van der Waals surface area contributed by atoms with Gasteiger partial charge in [0.1, 0.15) is 0 Å². The zero-order valence-electron chi connectivity index (χ0n) is 18.1. The first kappa shape index (κ1) is 20.6. The first-order valence-electron chi connectivity index (χ1n) is 10.7. The van der Waals surface area contributed by atoms with E-state index in [4.69, 9.17) is 4.98 Å². The molecule has 0 spiro atoms. The van der Waals surface area contributed by atoms with Crippen LogP contribution in [0.15, 0.2) is 36.8 Å². The molecule has 158 valence electrons. The smallest absolute Gasteiger partial charge is 0.152 e. The molecule has 3 aromatic heterocycles. The SMILES string of the molecule is CC(C)CN1CCN(CC(=O)Cc2cc3nc(-c4cnn(C)c4)ccc3cn2)CC1. The fraction of sp³-hybridized carbons (Fsp3) is 0.478. The minimum atomic E-state index is 0.211. The van der Waals surface area contributed by atoms with Crippen LogP contribution in [0.2, 0.25) is 0 Å². The van der Waals surface area contributed by atoms with Crippen molar-refractivity contribution in [2.24, 2.45) is 13.0 Å². The van der Waals surface area contributed by atoms with E-state index in [1.807, 2.05) is 37.6 Å². The molecule has 0 unspecified atom stereocenters. The minimum Gasteiger partial charge on any atom is -0.301 e. The lowest BCUT2D eigenvalue weighted by Crippen LogP contribution is -2.48. The van der Waals surface area contributed by atoms with Crippen LogP contribution >= 0.6 is 0 Å². The predicted molar refractivity (Wildman–Crippen MR) is 118 cm³/mol. The zero-order chi connectivity index (χ0) is 21.1. The molecule has 1 aliphatic rings. The van der Waals surface area contributed by atoms with Crippen LogP contribution in [0.1, 0.15) is 19.5 Å². The minimum absolute atomic E-state index is 0.211. The number of hydrogen-bond acceptors (Lipinski definition) is 6. The Kier molecular flexibility index (Phi) is 6.20. The normalized spacial score (nSPS) is 15.9. The number of ketones is 1. The van der Waals surface area contributed by atoms with E-state index in [0.29, 0.717) is 18.9 Å². The number of nitrogens with zero attached hydrogens (tertiary/aromatic N) is 6. The molecule has 0 aliphatic carbocycles. The molecular formula is C23H30N6O. The van der Waals surface area contributed by atoms with E-state index in [2.05, 4.69) is 33.7 Å². The van der Waals surface area contributed by atoms with Gasteiger partial charge in [0.2, 0.25) is 0 Å². The van der Waals surface area contributed by atoms with E-state index in [9.17, 15) is 4.79 Å². The molecule has 7 nitrogen and oxygen atoms in total. The van der Waals surface area contributed by atoms with Crippen molar-refractivity contribution in [1.29, 1.82) is 0 Å². The Morgan fingerprint density at radius 1 is 1.10 bits per heavy atom. The summed E-state index contributed by atoms with van der Waals surface area (Å²) < 4.78 is 1.76. The summed E-state index contributed by atoms with van der Waals surface area (Å²) >= 11 is 0. The lowest BCUT2D eigenvalue weighted by Gasteiger charge is -2.35. The number of hydrogen-bond donors (Lipinski definition) is 0. The maximum absolute atomic E-state index is 12.6. The molecule has 0 radical (unpaired) electrons. The van der Waals surface area contributed by atoms with E-state index in [0.717, 1.165) is 60.6 Å². The van der Waals surface area contributed by atoms with Crippen molar-refractivity contribution in [3.63, 3.8) is 0 Å². The molecule has 0 N–H and O–H groups in total. The Labute approximate surface area is 177 Å². The number of aryl methyl sites for hydroxylation is 1. The van der Waals surface area contributed by atoms with Gasteiger partial charge in [0, 0.05) is 68.8 Å². The predicted octanol–water partition coefficient (Wildman–Crippen LogP) is 2.42. The topological polar surface area (TPSA) is 67.2 Å². The summed E-state index contributed by atoms with van der Waals surface area (Å²) in [6, 6.07) is 5.93. The van der Waals surface area contributed by atoms with Crippen molar-refractivity contribution in [3.05, 3.63) is 42.5 Å². The second-order valence-corrected chi connectivity index (χ2v) is 8.65. The van der Waals surface area contributed by atoms with Gasteiger partial charge in [-0.25, -0.2) is 4.98 Å². The van der Waals surface area contributed by atoms with E-state index in [1.165, 1.54) is 0 Å². The highest BCUT2D eigenvalue weighted by Gasteiger charge is 2.19. The number of carbonyl (C=O) groups excluding carboxylic acids is 1. The standard InChI is InChI=1S/C23H30N6O/c1-17(2)14-28-6-8-29(9-7-28)16-21(30)10-20-11-23-18(12-24-20)4-5-22(26-23)19-13-25-27(3)15-19/h4-5,11-13,15,17H,6-10,14,16H2,1-3H3. The molecule has 0 atom stereocenters. The Morgan fingerprint density at radius 2 is 1.87 bits per heavy atom. The Balaban J connectivity index is 1.38. The van der Waals surface area contributed by atoms with Gasteiger partial charge in [-0.1, -0.05) is 13.8 Å². The van der Waals surface area contributed by atoms with Crippen LogP contribution in [-0.4, -0.2) is 74.6 Å². The number of rotatable bonds is 7. The average Bonchev–Trinajstić information content (AvgIpc) is 3.15. The lowest BCUT2D eigenvalue weighted by molar-refractivity contribution is -0.120. The molecule has 1 fully saturated rings. The molecule has 3 aromatic rings. The second kappa shape index (κ2) is 9.02. The van der Waals surface area contributed by atoms with Crippen molar-refractivity contribution < 1.29 is 4.79 Å². The summed E-state index contributed by atoms with van der Waals surface area (Å²) in [7, 11) is 1.89. The van der Waals surface area contributed by atoms with Crippen molar-refractivity contribution in [3.8, 4) is 11.3 Å². The Bertz CT molecular complexity index is 1020. The number of Topliss-reactive ketones (excluding diaryl/α,β-unsaturated/α-hetero) is 1. The van der Waals surface area contributed by atoms with Crippen LogP contribution < -0.4 is 0 Å². The van der Waals surface area contributed by atoms with Gasteiger partial charge in [0.15, 0.2) is 5.78 Å². The summed E-state index contributed by atoms with van der Waals surface area (Å²) in [5, 5.41) is 5.19. The van der Waals surface area contributed by atoms with Crippen LogP contribution in [0.3, 0.4) is 0 Å². The molecular weight excluding hydrogens is 376 g/mol. The third-order valence-electron chi connectivity index (χ3n) is 5.50. The lowest BCUT2D eigenvalue weighted by atomic mass is 10.1. The molecule has 1 saturated heterocycles. The van der Waals surface area contributed by atoms with Gasteiger partial charge in [-0.2, -0.15) is 5.10 Å². The van der Waals surface area contributed by atoms with Crippen LogP contribution in [0.25, 0.3) is 22.2 Å². The fourth-order valence-corrected chi connectivity index (χ4v) is 4.02. The van der Waals surface area contributed by atoms with E-state index in [-0.39, 0.29) is 5.78 Å². The second-order valence-electron chi connectivity index (χ2n) is 8.65. The van der Waals surface area contributed by atoms with Crippen molar-refractivity contribution in [1.82, 2.24) is 29.5 Å². The quantitative estimate of drug-likeness (QED) is 0.600. The summed E-state index contributed by atoms with van der Waals surface area (Å²) in [6.07, 6.45) is 5.91. The first-order valence-corrected chi connectivity index (χ1v) is 10.7. The highest BCUT2D eigenvalue weighted by Crippen LogP contribution is 2.20. The number of aromatic nitrogens is 4. The largest absolute Gasteiger partial charge is 0.301 e. The third kappa shape index (κ3) is 5.09. The van der Waals surface area contributed by atoms with Crippen LogP contribution in [0, 0.1) is 5.92 Å². The summed E-state index contributed by atoms with van der Waals surface area (Å²) in [4.78, 5) is 26.6. The van der Waals surface area contributed by atoms with Gasteiger partial charge >= 0.3 is 0 Å². The monoisotopic (exact) mass is 406 g/mol. The zero-order valence-corrected chi connectivity index (χ0v) is 18.1. The molecule has 4 rings (SSSR count). The molecule has 0 bridgehead atoms. The number of carbonyl (C=O) groups is 1. The Hall–Kier alpha value is -2.64. The molecule has 1 aliphatic heterocycles. The van der Waals surface area contributed by atoms with Crippen LogP contribution in [0.5, 0.6) is 0 Å². The molecule has 0 saturated carbocycles. The van der Waals surface area contributed by atoms with Gasteiger partial charge in [-0.3, -0.25) is 19.4 Å². The van der Waals surface area contributed by atoms with Crippen molar-refractivity contribution in [2.75, 3.05) is 39.3 Å². The highest BCUT2D eigenvalue weighted by atomic mass is 16.1. The summed E-state index contributed by atoms with van der Waals surface area (Å²) in [5.41, 5.74) is 3.49. The fourth-order valence-electron chi connectivity index (χ4n) is 4.02. The van der Waals surface area contributed by atoms with Gasteiger partial charge < -0.3 is 4.90 Å². The van der Waals surface area contributed by atoms with Gasteiger partial charge in [0.25, 0.3) is 0 Å². The maximum Gasteiger partial charge on any atom is 0.152 e. The number of pyridine rings is 2.